The van der Waals surface area contributed by atoms with E-state index in [1.807, 2.05) is 0 Å². The quantitative estimate of drug-likeness (QED) is 0.764. The first kappa shape index (κ1) is 14.9. The van der Waals surface area contributed by atoms with Crippen molar-refractivity contribution in [2.75, 3.05) is 33.4 Å². The van der Waals surface area contributed by atoms with Crippen LogP contribution in [-0.4, -0.2) is 50.2 Å². The Hall–Kier alpha value is -1.12. The van der Waals surface area contributed by atoms with Crippen LogP contribution in [0.2, 0.25) is 0 Å². The maximum atomic E-state index is 12.4. The van der Waals surface area contributed by atoms with Crippen LogP contribution in [0.1, 0.15) is 32.1 Å². The van der Waals surface area contributed by atoms with Gasteiger partial charge in [0.25, 0.3) is 0 Å². The minimum absolute atomic E-state index is 0.0805. The monoisotopic (exact) mass is 253 g/mol. The van der Waals surface area contributed by atoms with Gasteiger partial charge in [0.1, 0.15) is 0 Å². The Bertz CT molecular complexity index is 280. The Labute approximate surface area is 109 Å². The van der Waals surface area contributed by atoms with Gasteiger partial charge in [0.2, 0.25) is 5.91 Å². The van der Waals surface area contributed by atoms with Crippen molar-refractivity contribution in [1.29, 1.82) is 5.26 Å². The summed E-state index contributed by atoms with van der Waals surface area (Å²) >= 11 is 0. The summed E-state index contributed by atoms with van der Waals surface area (Å²) in [6, 6.07) is 2.01. The minimum atomic E-state index is -0.0805. The summed E-state index contributed by atoms with van der Waals surface area (Å²) in [4.78, 5) is 14.1. The van der Waals surface area contributed by atoms with Crippen LogP contribution < -0.4 is 5.32 Å². The van der Waals surface area contributed by atoms with Gasteiger partial charge in [-0.3, -0.25) is 4.79 Å². The summed E-state index contributed by atoms with van der Waals surface area (Å²) in [6.07, 6.45) is 4.70. The van der Waals surface area contributed by atoms with Crippen LogP contribution >= 0.6 is 0 Å². The molecule has 1 unspecified atom stereocenters. The third-order valence-electron chi connectivity index (χ3n) is 3.23. The van der Waals surface area contributed by atoms with E-state index in [1.54, 1.807) is 12.0 Å². The fourth-order valence-corrected chi connectivity index (χ4v) is 2.18. The van der Waals surface area contributed by atoms with Gasteiger partial charge >= 0.3 is 0 Å². The fourth-order valence-electron chi connectivity index (χ4n) is 2.18. The summed E-state index contributed by atoms with van der Waals surface area (Å²) in [5, 5.41) is 11.9. The Morgan fingerprint density at radius 2 is 2.28 bits per heavy atom. The van der Waals surface area contributed by atoms with Gasteiger partial charge in [0, 0.05) is 20.2 Å². The number of nitrogens with one attached hydrogen (secondary N) is 1. The van der Waals surface area contributed by atoms with Crippen molar-refractivity contribution >= 4 is 5.91 Å². The highest BCUT2D eigenvalue weighted by Crippen LogP contribution is 2.11. The maximum absolute atomic E-state index is 12.4. The van der Waals surface area contributed by atoms with Crippen molar-refractivity contribution in [2.45, 2.75) is 38.1 Å². The van der Waals surface area contributed by atoms with Gasteiger partial charge in [-0.2, -0.15) is 5.26 Å². The fraction of sp³-hybridized carbons (Fsp3) is 0.846. The van der Waals surface area contributed by atoms with E-state index in [4.69, 9.17) is 10.00 Å². The Morgan fingerprint density at radius 1 is 1.44 bits per heavy atom. The molecule has 0 bridgehead atoms. The molecular weight excluding hydrogens is 230 g/mol. The zero-order valence-corrected chi connectivity index (χ0v) is 11.2. The Morgan fingerprint density at radius 3 is 3.00 bits per heavy atom. The summed E-state index contributed by atoms with van der Waals surface area (Å²) < 4.78 is 5.02. The predicted molar refractivity (Wildman–Crippen MR) is 68.9 cm³/mol. The molecule has 0 aliphatic carbocycles. The SMILES string of the molecule is COCCN(CCC#N)C(=O)C1CCCCCN1. The molecule has 1 N–H and O–H groups in total. The molecule has 5 nitrogen and oxygen atoms in total. The second kappa shape index (κ2) is 8.90. The Kier molecular flexibility index (Phi) is 7.38. The second-order valence-electron chi connectivity index (χ2n) is 4.58. The molecule has 1 aliphatic rings. The van der Waals surface area contributed by atoms with E-state index < -0.39 is 0 Å². The number of carbonyl (C=O) groups is 1. The van der Waals surface area contributed by atoms with Crippen molar-refractivity contribution < 1.29 is 9.53 Å². The first-order valence-electron chi connectivity index (χ1n) is 6.67. The smallest absolute Gasteiger partial charge is 0.239 e. The van der Waals surface area contributed by atoms with Crippen molar-refractivity contribution in [2.24, 2.45) is 0 Å². The summed E-state index contributed by atoms with van der Waals surface area (Å²) in [5.41, 5.74) is 0. The third-order valence-corrected chi connectivity index (χ3v) is 3.23. The lowest BCUT2D eigenvalue weighted by Gasteiger charge is -2.26. The lowest BCUT2D eigenvalue weighted by Crippen LogP contribution is -2.47. The van der Waals surface area contributed by atoms with E-state index in [9.17, 15) is 4.79 Å². The molecule has 0 aromatic carbocycles. The molecule has 0 aromatic heterocycles. The highest BCUT2D eigenvalue weighted by atomic mass is 16.5. The van der Waals surface area contributed by atoms with E-state index in [-0.39, 0.29) is 11.9 Å². The molecule has 0 radical (unpaired) electrons. The average molecular weight is 253 g/mol. The predicted octanol–water partition coefficient (Wildman–Crippen LogP) is 0.907. The number of rotatable bonds is 6. The molecule has 1 amide bonds. The van der Waals surface area contributed by atoms with Gasteiger partial charge in [0.05, 0.1) is 25.1 Å². The largest absolute Gasteiger partial charge is 0.383 e. The number of ether oxygens (including phenoxy) is 1. The molecule has 1 heterocycles. The molecule has 5 heteroatoms. The van der Waals surface area contributed by atoms with E-state index in [1.165, 1.54) is 6.42 Å². The number of nitrogens with zero attached hydrogens (tertiary/aromatic N) is 2. The van der Waals surface area contributed by atoms with Crippen LogP contribution in [-0.2, 0) is 9.53 Å². The van der Waals surface area contributed by atoms with Gasteiger partial charge in [0.15, 0.2) is 0 Å². The lowest BCUT2D eigenvalue weighted by molar-refractivity contribution is -0.134. The summed E-state index contributed by atoms with van der Waals surface area (Å²) in [5.74, 6) is 0.115. The number of methoxy groups -OCH3 is 1. The van der Waals surface area contributed by atoms with Crippen molar-refractivity contribution in [1.82, 2.24) is 10.2 Å². The summed E-state index contributed by atoms with van der Waals surface area (Å²) in [6.45, 7) is 2.49. The number of carbonyl (C=O) groups excluding carboxylic acids is 1. The first-order valence-corrected chi connectivity index (χ1v) is 6.67. The normalized spacial score (nSPS) is 19.9. The molecule has 1 atom stereocenters. The second-order valence-corrected chi connectivity index (χ2v) is 4.58. The standard InChI is InChI=1S/C13H23N3O2/c1-18-11-10-16(9-5-7-14)13(17)12-6-3-2-4-8-15-12/h12,15H,2-6,8-11H2,1H3. The topological polar surface area (TPSA) is 65.4 Å². The molecule has 0 saturated carbocycles. The first-order chi connectivity index (χ1) is 8.79. The number of hydrogen-bond donors (Lipinski definition) is 1. The highest BCUT2D eigenvalue weighted by Gasteiger charge is 2.24. The van der Waals surface area contributed by atoms with Gasteiger partial charge in [-0.05, 0) is 19.4 Å². The molecule has 18 heavy (non-hydrogen) atoms. The molecule has 1 saturated heterocycles. The molecule has 102 valence electrons. The van der Waals surface area contributed by atoms with Gasteiger partial charge in [-0.25, -0.2) is 0 Å². The van der Waals surface area contributed by atoms with E-state index >= 15 is 0 Å². The molecule has 1 rings (SSSR count). The zero-order chi connectivity index (χ0) is 13.2. The molecule has 1 aliphatic heterocycles. The van der Waals surface area contributed by atoms with Crippen LogP contribution in [0.5, 0.6) is 0 Å². The van der Waals surface area contributed by atoms with Gasteiger partial charge in [-0.15, -0.1) is 0 Å². The Balaban J connectivity index is 2.52. The number of amides is 1. The van der Waals surface area contributed by atoms with Crippen LogP contribution in [0.3, 0.4) is 0 Å². The zero-order valence-electron chi connectivity index (χ0n) is 11.2. The van der Waals surface area contributed by atoms with E-state index in [0.717, 1.165) is 25.8 Å². The van der Waals surface area contributed by atoms with Gasteiger partial charge < -0.3 is 15.0 Å². The minimum Gasteiger partial charge on any atom is -0.383 e. The molecular formula is C13H23N3O2. The highest BCUT2D eigenvalue weighted by molar-refractivity contribution is 5.82. The summed E-state index contributed by atoms with van der Waals surface area (Å²) in [7, 11) is 1.62. The average Bonchev–Trinajstić information content (AvgIpc) is 2.67. The maximum Gasteiger partial charge on any atom is 0.239 e. The van der Waals surface area contributed by atoms with Crippen LogP contribution in [0.15, 0.2) is 0 Å². The molecule has 0 aromatic rings. The molecule has 0 spiro atoms. The van der Waals surface area contributed by atoms with Crippen molar-refractivity contribution in [3.05, 3.63) is 0 Å². The van der Waals surface area contributed by atoms with Crippen LogP contribution in [0, 0.1) is 11.3 Å². The number of hydrogen-bond acceptors (Lipinski definition) is 4. The number of nitriles is 1. The van der Waals surface area contributed by atoms with E-state index in [2.05, 4.69) is 11.4 Å². The van der Waals surface area contributed by atoms with Crippen molar-refractivity contribution in [3.8, 4) is 6.07 Å². The lowest BCUT2D eigenvalue weighted by atomic mass is 10.1. The van der Waals surface area contributed by atoms with Crippen molar-refractivity contribution in [3.63, 3.8) is 0 Å². The third kappa shape index (κ3) is 5.03. The molecule has 1 fully saturated rings. The van der Waals surface area contributed by atoms with Crippen LogP contribution in [0.4, 0.5) is 0 Å². The van der Waals surface area contributed by atoms with Crippen LogP contribution in [0.25, 0.3) is 0 Å². The van der Waals surface area contributed by atoms with E-state index in [0.29, 0.717) is 26.1 Å². The van der Waals surface area contributed by atoms with Gasteiger partial charge in [-0.1, -0.05) is 12.8 Å².